The number of thiazole rings is 1. The van der Waals surface area contributed by atoms with E-state index in [9.17, 15) is 0 Å². The second kappa shape index (κ2) is 7.91. The Morgan fingerprint density at radius 2 is 1.86 bits per heavy atom. The van der Waals surface area contributed by atoms with Crippen molar-refractivity contribution in [1.29, 1.82) is 0 Å². The summed E-state index contributed by atoms with van der Waals surface area (Å²) in [5.41, 5.74) is 7.37. The van der Waals surface area contributed by atoms with Crippen LogP contribution in [-0.2, 0) is 9.70 Å². The van der Waals surface area contributed by atoms with Crippen LogP contribution in [0, 0.1) is 0 Å². The molecule has 2 heterocycles. The summed E-state index contributed by atoms with van der Waals surface area (Å²) in [7, 11) is 0. The number of aromatic nitrogens is 2. The molecule has 4 rings (SSSR count). The monoisotopic (exact) mass is 407 g/mol. The van der Waals surface area contributed by atoms with Gasteiger partial charge >= 0.3 is 0 Å². The molecular formula is C22H21N3OS2. The summed E-state index contributed by atoms with van der Waals surface area (Å²) in [6.07, 6.45) is 3.62. The molecule has 0 spiro atoms. The molecular weight excluding hydrogens is 386 g/mol. The van der Waals surface area contributed by atoms with Gasteiger partial charge in [0.2, 0.25) is 0 Å². The lowest BCUT2D eigenvalue weighted by atomic mass is 9.87. The highest BCUT2D eigenvalue weighted by Crippen LogP contribution is 2.31. The van der Waals surface area contributed by atoms with Crippen LogP contribution in [0.3, 0.4) is 0 Å². The van der Waals surface area contributed by atoms with Crippen molar-refractivity contribution in [3.63, 3.8) is 0 Å². The summed E-state index contributed by atoms with van der Waals surface area (Å²) in [5, 5.41) is 0.970. The van der Waals surface area contributed by atoms with Crippen LogP contribution in [-0.4, -0.2) is 9.97 Å². The van der Waals surface area contributed by atoms with Crippen molar-refractivity contribution < 1.29 is 4.28 Å². The second-order valence-electron chi connectivity index (χ2n) is 7.49. The summed E-state index contributed by atoms with van der Waals surface area (Å²) < 4.78 is 6.71. The fraction of sp³-hybridized carbons (Fsp3) is 0.182. The Morgan fingerprint density at radius 1 is 1.04 bits per heavy atom. The summed E-state index contributed by atoms with van der Waals surface area (Å²) in [6, 6.07) is 18.4. The van der Waals surface area contributed by atoms with Gasteiger partial charge in [-0.25, -0.2) is 4.98 Å². The third-order valence-electron chi connectivity index (χ3n) is 4.32. The van der Waals surface area contributed by atoms with Crippen molar-refractivity contribution >= 4 is 39.3 Å². The van der Waals surface area contributed by atoms with Crippen LogP contribution in [0.1, 0.15) is 26.3 Å². The van der Waals surface area contributed by atoms with Gasteiger partial charge in [0.05, 0.1) is 27.9 Å². The van der Waals surface area contributed by atoms with Gasteiger partial charge in [0.1, 0.15) is 5.01 Å². The summed E-state index contributed by atoms with van der Waals surface area (Å²) in [4.78, 5) is 9.90. The fourth-order valence-electron chi connectivity index (χ4n) is 2.75. The Labute approximate surface area is 173 Å². The van der Waals surface area contributed by atoms with Crippen LogP contribution in [0.15, 0.2) is 71.9 Å². The zero-order chi connectivity index (χ0) is 19.6. The number of pyridine rings is 1. The number of hydrogen-bond donors (Lipinski definition) is 1. The molecule has 1 N–H and O–H groups in total. The molecule has 0 radical (unpaired) electrons. The van der Waals surface area contributed by atoms with Crippen molar-refractivity contribution in [2.75, 3.05) is 5.48 Å². The van der Waals surface area contributed by atoms with E-state index in [0.29, 0.717) is 0 Å². The van der Waals surface area contributed by atoms with Gasteiger partial charge in [-0.1, -0.05) is 45.0 Å². The Balaban J connectivity index is 1.41. The number of nitrogens with zero attached hydrogens (tertiary/aromatic N) is 2. The smallest absolute Gasteiger partial charge is 0.124 e. The normalized spacial score (nSPS) is 11.7. The number of hydrogen-bond acceptors (Lipinski definition) is 6. The van der Waals surface area contributed by atoms with Crippen LogP contribution >= 0.6 is 23.4 Å². The van der Waals surface area contributed by atoms with E-state index in [1.165, 1.54) is 17.6 Å². The SMILES string of the molecule is CC(C)(C)c1ccc(SONc2cccc(-c3nc4ccncc4s3)c2)cc1. The lowest BCUT2D eigenvalue weighted by Crippen LogP contribution is -2.10. The number of rotatable bonds is 5. The average Bonchev–Trinajstić information content (AvgIpc) is 3.12. The predicted molar refractivity (Wildman–Crippen MR) is 119 cm³/mol. The van der Waals surface area contributed by atoms with Gasteiger partial charge in [0.15, 0.2) is 0 Å². The van der Waals surface area contributed by atoms with Gasteiger partial charge in [-0.05, 0) is 41.3 Å². The third kappa shape index (κ3) is 4.35. The first-order chi connectivity index (χ1) is 13.5. The van der Waals surface area contributed by atoms with Crippen LogP contribution < -0.4 is 5.48 Å². The molecule has 0 amide bonds. The van der Waals surface area contributed by atoms with E-state index >= 15 is 0 Å². The minimum absolute atomic E-state index is 0.152. The number of anilines is 1. The molecule has 2 aromatic carbocycles. The summed E-state index contributed by atoms with van der Waals surface area (Å²) in [6.45, 7) is 6.63. The van der Waals surface area contributed by atoms with Crippen molar-refractivity contribution in [2.45, 2.75) is 31.1 Å². The molecule has 4 aromatic rings. The third-order valence-corrected chi connectivity index (χ3v) is 6.00. The van der Waals surface area contributed by atoms with E-state index in [1.807, 2.05) is 30.5 Å². The minimum Gasteiger partial charge on any atom is -0.263 e. The van der Waals surface area contributed by atoms with Gasteiger partial charge in [-0.2, -0.15) is 4.28 Å². The van der Waals surface area contributed by atoms with Gasteiger partial charge in [0, 0.05) is 22.9 Å². The van der Waals surface area contributed by atoms with Gasteiger partial charge in [-0.3, -0.25) is 10.5 Å². The van der Waals surface area contributed by atoms with Crippen LogP contribution in [0.4, 0.5) is 5.69 Å². The number of nitrogens with one attached hydrogen (secondary N) is 1. The van der Waals surface area contributed by atoms with Crippen LogP contribution in [0.2, 0.25) is 0 Å². The summed E-state index contributed by atoms with van der Waals surface area (Å²) >= 11 is 2.94. The quantitative estimate of drug-likeness (QED) is 0.294. The molecule has 0 bridgehead atoms. The van der Waals surface area contributed by atoms with Gasteiger partial charge in [-0.15, -0.1) is 11.3 Å². The van der Waals surface area contributed by atoms with E-state index in [1.54, 1.807) is 17.5 Å². The molecule has 0 saturated heterocycles. The second-order valence-corrected chi connectivity index (χ2v) is 9.32. The standard InChI is InChI=1S/C22H21N3OS2/c1-22(2,3)16-7-9-18(10-8-16)28-26-25-17-6-4-5-15(13-17)21-24-19-11-12-23-14-20(19)27-21/h4-14,25H,1-3H3. The highest BCUT2D eigenvalue weighted by Gasteiger charge is 2.13. The first-order valence-electron chi connectivity index (χ1n) is 9.00. The molecule has 4 nitrogen and oxygen atoms in total. The van der Waals surface area contributed by atoms with E-state index < -0.39 is 0 Å². The Bertz CT molecular complexity index is 1050. The molecule has 0 fully saturated rings. The van der Waals surface area contributed by atoms with Crippen molar-refractivity contribution in [3.05, 3.63) is 72.6 Å². The van der Waals surface area contributed by atoms with E-state index in [4.69, 9.17) is 4.28 Å². The van der Waals surface area contributed by atoms with Crippen LogP contribution in [0.5, 0.6) is 0 Å². The number of benzene rings is 2. The lowest BCUT2D eigenvalue weighted by molar-refractivity contribution is 0.477. The largest absolute Gasteiger partial charge is 0.263 e. The number of fused-ring (bicyclic) bond motifs is 1. The van der Waals surface area contributed by atoms with Crippen molar-refractivity contribution in [3.8, 4) is 10.6 Å². The maximum Gasteiger partial charge on any atom is 0.124 e. The molecule has 28 heavy (non-hydrogen) atoms. The summed E-state index contributed by atoms with van der Waals surface area (Å²) in [5.74, 6) is 0. The molecule has 0 saturated carbocycles. The maximum atomic E-state index is 5.62. The average molecular weight is 408 g/mol. The minimum atomic E-state index is 0.152. The molecule has 0 aliphatic rings. The Hall–Kier alpha value is -2.41. The Morgan fingerprint density at radius 3 is 2.61 bits per heavy atom. The molecule has 6 heteroatoms. The van der Waals surface area contributed by atoms with Crippen LogP contribution in [0.25, 0.3) is 20.8 Å². The molecule has 142 valence electrons. The molecule has 0 aliphatic heterocycles. The van der Waals surface area contributed by atoms with Crippen molar-refractivity contribution in [1.82, 2.24) is 9.97 Å². The zero-order valence-corrected chi connectivity index (χ0v) is 17.6. The van der Waals surface area contributed by atoms with E-state index in [-0.39, 0.29) is 5.41 Å². The zero-order valence-electron chi connectivity index (χ0n) is 16.0. The lowest BCUT2D eigenvalue weighted by Gasteiger charge is -2.18. The van der Waals surface area contributed by atoms with E-state index in [0.717, 1.165) is 31.4 Å². The molecule has 0 unspecified atom stereocenters. The molecule has 0 aliphatic carbocycles. The highest BCUT2D eigenvalue weighted by molar-refractivity contribution is 7.94. The van der Waals surface area contributed by atoms with E-state index in [2.05, 4.69) is 66.6 Å². The van der Waals surface area contributed by atoms with Crippen molar-refractivity contribution in [2.24, 2.45) is 0 Å². The maximum absolute atomic E-state index is 5.62. The fourth-order valence-corrected chi connectivity index (χ4v) is 4.16. The predicted octanol–water partition coefficient (Wildman–Crippen LogP) is 6.71. The molecule has 2 aromatic heterocycles. The first kappa shape index (κ1) is 18.9. The van der Waals surface area contributed by atoms with Gasteiger partial charge in [0.25, 0.3) is 0 Å². The first-order valence-corrected chi connectivity index (χ1v) is 10.6. The highest BCUT2D eigenvalue weighted by atomic mass is 32.2. The topological polar surface area (TPSA) is 47.0 Å². The molecule has 0 atom stereocenters. The Kier molecular flexibility index (Phi) is 5.35. The van der Waals surface area contributed by atoms with Gasteiger partial charge < -0.3 is 0 Å².